The molecular weight excluding hydrogens is 326 g/mol. The molecule has 2 aromatic carbocycles. The van der Waals surface area contributed by atoms with Gasteiger partial charge in [0, 0.05) is 30.0 Å². The molecule has 0 heterocycles. The van der Waals surface area contributed by atoms with Crippen molar-refractivity contribution in [1.29, 1.82) is 0 Å². The number of anilines is 2. The van der Waals surface area contributed by atoms with Crippen LogP contribution in [0.3, 0.4) is 0 Å². The summed E-state index contributed by atoms with van der Waals surface area (Å²) in [6, 6.07) is 13.3. The SMILES string of the molecule is CCN(CC)c1ccc(C(=O)NCC(=O)Nc2c(C)cccc2C)cc1. The molecule has 2 amide bonds. The van der Waals surface area contributed by atoms with Crippen LogP contribution in [0.4, 0.5) is 11.4 Å². The standard InChI is InChI=1S/C21H27N3O2/c1-5-24(6-2)18-12-10-17(11-13-18)21(26)22-14-19(25)23-20-15(3)8-7-9-16(20)4/h7-13H,5-6,14H2,1-4H3,(H,22,26)(H,23,25). The Morgan fingerprint density at radius 1 is 0.923 bits per heavy atom. The van der Waals surface area contributed by atoms with E-state index in [1.54, 1.807) is 12.1 Å². The summed E-state index contributed by atoms with van der Waals surface area (Å²) < 4.78 is 0. The summed E-state index contributed by atoms with van der Waals surface area (Å²) in [6.45, 7) is 9.85. The number of rotatable bonds is 7. The minimum Gasteiger partial charge on any atom is -0.372 e. The zero-order valence-corrected chi connectivity index (χ0v) is 15.9. The molecule has 0 aromatic heterocycles. The monoisotopic (exact) mass is 353 g/mol. The van der Waals surface area contributed by atoms with Gasteiger partial charge in [-0.25, -0.2) is 0 Å². The maximum absolute atomic E-state index is 12.3. The Bertz CT molecular complexity index is 745. The third kappa shape index (κ3) is 4.85. The van der Waals surface area contributed by atoms with Gasteiger partial charge in [-0.2, -0.15) is 0 Å². The van der Waals surface area contributed by atoms with E-state index in [0.29, 0.717) is 5.56 Å². The van der Waals surface area contributed by atoms with Gasteiger partial charge in [0.05, 0.1) is 6.54 Å². The van der Waals surface area contributed by atoms with E-state index in [-0.39, 0.29) is 18.4 Å². The second-order valence-electron chi connectivity index (χ2n) is 6.22. The second kappa shape index (κ2) is 9.04. The Morgan fingerprint density at radius 2 is 1.50 bits per heavy atom. The van der Waals surface area contributed by atoms with E-state index in [9.17, 15) is 9.59 Å². The van der Waals surface area contributed by atoms with E-state index < -0.39 is 0 Å². The van der Waals surface area contributed by atoms with Crippen molar-refractivity contribution in [3.63, 3.8) is 0 Å². The Kier molecular flexibility index (Phi) is 6.78. The lowest BCUT2D eigenvalue weighted by Gasteiger charge is -2.21. The molecule has 2 rings (SSSR count). The fraction of sp³-hybridized carbons (Fsp3) is 0.333. The first-order valence-electron chi connectivity index (χ1n) is 8.95. The van der Waals surface area contributed by atoms with Gasteiger partial charge in [0.1, 0.15) is 0 Å². The number of carbonyl (C=O) groups excluding carboxylic acids is 2. The quantitative estimate of drug-likeness (QED) is 0.801. The molecule has 2 N–H and O–H groups in total. The van der Waals surface area contributed by atoms with Gasteiger partial charge >= 0.3 is 0 Å². The van der Waals surface area contributed by atoms with Crippen molar-refractivity contribution >= 4 is 23.2 Å². The first-order chi connectivity index (χ1) is 12.5. The Hall–Kier alpha value is -2.82. The molecule has 0 aliphatic carbocycles. The van der Waals surface area contributed by atoms with Gasteiger partial charge in [0.15, 0.2) is 0 Å². The van der Waals surface area contributed by atoms with Crippen molar-refractivity contribution < 1.29 is 9.59 Å². The van der Waals surface area contributed by atoms with Gasteiger partial charge in [0.25, 0.3) is 5.91 Å². The number of hydrogen-bond donors (Lipinski definition) is 2. The third-order valence-electron chi connectivity index (χ3n) is 4.41. The molecule has 138 valence electrons. The van der Waals surface area contributed by atoms with Crippen LogP contribution in [0.15, 0.2) is 42.5 Å². The van der Waals surface area contributed by atoms with Crippen molar-refractivity contribution in [3.8, 4) is 0 Å². The van der Waals surface area contributed by atoms with Crippen LogP contribution in [0.2, 0.25) is 0 Å². The lowest BCUT2D eigenvalue weighted by Crippen LogP contribution is -2.33. The van der Waals surface area contributed by atoms with Crippen LogP contribution >= 0.6 is 0 Å². The molecule has 0 fully saturated rings. The molecule has 2 aromatic rings. The Morgan fingerprint density at radius 3 is 2.04 bits per heavy atom. The minimum atomic E-state index is -0.257. The average Bonchev–Trinajstić information content (AvgIpc) is 2.64. The third-order valence-corrected chi connectivity index (χ3v) is 4.41. The Labute approximate surface area is 155 Å². The topological polar surface area (TPSA) is 61.4 Å². The summed E-state index contributed by atoms with van der Waals surface area (Å²) in [6.07, 6.45) is 0. The number of aryl methyl sites for hydroxylation is 2. The molecule has 0 saturated carbocycles. The van der Waals surface area contributed by atoms with Crippen molar-refractivity contribution in [2.45, 2.75) is 27.7 Å². The summed E-state index contributed by atoms with van der Waals surface area (Å²) in [5.41, 5.74) is 4.42. The maximum Gasteiger partial charge on any atom is 0.251 e. The molecule has 0 unspecified atom stereocenters. The number of amides is 2. The minimum absolute atomic E-state index is 0.0651. The normalized spacial score (nSPS) is 10.3. The van der Waals surface area contributed by atoms with Crippen molar-refractivity contribution in [2.75, 3.05) is 29.9 Å². The largest absolute Gasteiger partial charge is 0.372 e. The smallest absolute Gasteiger partial charge is 0.251 e. The number of nitrogens with zero attached hydrogens (tertiary/aromatic N) is 1. The molecule has 5 nitrogen and oxygen atoms in total. The summed E-state index contributed by atoms with van der Waals surface area (Å²) in [7, 11) is 0. The lowest BCUT2D eigenvalue weighted by atomic mass is 10.1. The molecule has 26 heavy (non-hydrogen) atoms. The summed E-state index contributed by atoms with van der Waals surface area (Å²) in [5.74, 6) is -0.497. The number of para-hydroxylation sites is 1. The van der Waals surface area contributed by atoms with Gasteiger partial charge in [-0.15, -0.1) is 0 Å². The van der Waals surface area contributed by atoms with E-state index in [2.05, 4.69) is 29.4 Å². The molecule has 0 bridgehead atoms. The van der Waals surface area contributed by atoms with Crippen LogP contribution in [-0.2, 0) is 4.79 Å². The van der Waals surface area contributed by atoms with E-state index in [0.717, 1.165) is 35.6 Å². The van der Waals surface area contributed by atoms with Gasteiger partial charge in [-0.1, -0.05) is 18.2 Å². The van der Waals surface area contributed by atoms with Crippen LogP contribution < -0.4 is 15.5 Å². The van der Waals surface area contributed by atoms with Gasteiger partial charge in [-0.3, -0.25) is 9.59 Å². The highest BCUT2D eigenvalue weighted by molar-refractivity contribution is 6.00. The van der Waals surface area contributed by atoms with Crippen LogP contribution in [0.1, 0.15) is 35.3 Å². The second-order valence-corrected chi connectivity index (χ2v) is 6.22. The summed E-state index contributed by atoms with van der Waals surface area (Å²) in [5, 5.41) is 5.53. The highest BCUT2D eigenvalue weighted by Gasteiger charge is 2.11. The lowest BCUT2D eigenvalue weighted by molar-refractivity contribution is -0.115. The zero-order valence-electron chi connectivity index (χ0n) is 15.9. The molecule has 0 saturated heterocycles. The van der Waals surface area contributed by atoms with Crippen LogP contribution in [0.25, 0.3) is 0 Å². The molecule has 0 aliphatic rings. The van der Waals surface area contributed by atoms with E-state index in [4.69, 9.17) is 0 Å². The predicted octanol–water partition coefficient (Wildman–Crippen LogP) is 3.52. The van der Waals surface area contributed by atoms with Crippen LogP contribution in [0.5, 0.6) is 0 Å². The molecule has 0 aliphatic heterocycles. The molecule has 0 radical (unpaired) electrons. The summed E-state index contributed by atoms with van der Waals surface area (Å²) >= 11 is 0. The van der Waals surface area contributed by atoms with E-state index >= 15 is 0 Å². The first-order valence-corrected chi connectivity index (χ1v) is 8.95. The zero-order chi connectivity index (χ0) is 19.1. The number of hydrogen-bond acceptors (Lipinski definition) is 3. The van der Waals surface area contributed by atoms with Crippen molar-refractivity contribution in [3.05, 3.63) is 59.2 Å². The van der Waals surface area contributed by atoms with Crippen LogP contribution in [0, 0.1) is 13.8 Å². The number of nitrogens with one attached hydrogen (secondary N) is 2. The molecule has 0 atom stereocenters. The fourth-order valence-corrected chi connectivity index (χ4v) is 2.87. The molecule has 0 spiro atoms. The first kappa shape index (κ1) is 19.5. The molecule has 5 heteroatoms. The fourth-order valence-electron chi connectivity index (χ4n) is 2.87. The number of benzene rings is 2. The average molecular weight is 353 g/mol. The van der Waals surface area contributed by atoms with Gasteiger partial charge in [0.2, 0.25) is 5.91 Å². The summed E-state index contributed by atoms with van der Waals surface area (Å²) in [4.78, 5) is 26.6. The predicted molar refractivity (Wildman–Crippen MR) is 107 cm³/mol. The highest BCUT2D eigenvalue weighted by atomic mass is 16.2. The molecular formula is C21H27N3O2. The van der Waals surface area contributed by atoms with E-state index in [1.165, 1.54) is 0 Å². The maximum atomic E-state index is 12.3. The Balaban J connectivity index is 1.93. The van der Waals surface area contributed by atoms with Gasteiger partial charge < -0.3 is 15.5 Å². The van der Waals surface area contributed by atoms with Crippen molar-refractivity contribution in [1.82, 2.24) is 5.32 Å². The highest BCUT2D eigenvalue weighted by Crippen LogP contribution is 2.19. The van der Waals surface area contributed by atoms with Gasteiger partial charge in [-0.05, 0) is 63.1 Å². The van der Waals surface area contributed by atoms with E-state index in [1.807, 2.05) is 44.2 Å². The number of carbonyl (C=O) groups is 2. The van der Waals surface area contributed by atoms with Crippen LogP contribution in [-0.4, -0.2) is 31.4 Å². The van der Waals surface area contributed by atoms with Crippen molar-refractivity contribution in [2.24, 2.45) is 0 Å².